The number of rotatable bonds is 5. The monoisotopic (exact) mass is 208 g/mol. The highest BCUT2D eigenvalue weighted by Crippen LogP contribution is 2.32. The van der Waals surface area contributed by atoms with Crippen molar-refractivity contribution in [1.82, 2.24) is 0 Å². The van der Waals surface area contributed by atoms with Crippen LogP contribution in [0.4, 0.5) is 0 Å². The Morgan fingerprint density at radius 2 is 1.92 bits per heavy atom. The van der Waals surface area contributed by atoms with Crippen LogP contribution in [0.2, 0.25) is 0 Å². The lowest BCUT2D eigenvalue weighted by Crippen LogP contribution is -2.11. The van der Waals surface area contributed by atoms with Crippen molar-refractivity contribution in [2.75, 3.05) is 0 Å². The molecule has 0 nitrogen and oxygen atoms in total. The van der Waals surface area contributed by atoms with Crippen molar-refractivity contribution >= 4 is 23.2 Å². The average Bonchev–Trinajstić information content (AvgIpc) is 2.00. The van der Waals surface area contributed by atoms with Gasteiger partial charge in [-0.1, -0.05) is 56.8 Å². The van der Waals surface area contributed by atoms with E-state index in [-0.39, 0.29) is 5.41 Å². The highest BCUT2D eigenvalue weighted by Gasteiger charge is 2.18. The first kappa shape index (κ1) is 12.3. The summed E-state index contributed by atoms with van der Waals surface area (Å²) in [6, 6.07) is 0. The van der Waals surface area contributed by atoms with Crippen LogP contribution in [0.25, 0.3) is 0 Å². The molecule has 0 bridgehead atoms. The molecule has 0 aromatic rings. The summed E-state index contributed by atoms with van der Waals surface area (Å²) in [6.07, 6.45) is 6.69. The van der Waals surface area contributed by atoms with Crippen LogP contribution in [0.15, 0.2) is 10.6 Å². The second kappa shape index (κ2) is 5.88. The maximum Gasteiger partial charge on any atom is 0.103 e. The Morgan fingerprint density at radius 3 is 2.25 bits per heavy atom. The van der Waals surface area contributed by atoms with E-state index in [1.807, 2.05) is 6.08 Å². The second-order valence-electron chi connectivity index (χ2n) is 3.55. The molecule has 0 saturated carbocycles. The molecule has 0 spiro atoms. The van der Waals surface area contributed by atoms with E-state index in [0.29, 0.717) is 4.49 Å². The molecule has 0 aromatic carbocycles. The van der Waals surface area contributed by atoms with E-state index >= 15 is 0 Å². The highest BCUT2D eigenvalue weighted by molar-refractivity contribution is 6.55. The third-order valence-corrected chi connectivity index (χ3v) is 2.58. The van der Waals surface area contributed by atoms with E-state index in [9.17, 15) is 0 Å². The number of hydrogen-bond acceptors (Lipinski definition) is 0. The van der Waals surface area contributed by atoms with Gasteiger partial charge in [0.2, 0.25) is 0 Å². The van der Waals surface area contributed by atoms with E-state index < -0.39 is 0 Å². The number of halogens is 2. The Morgan fingerprint density at radius 1 is 1.33 bits per heavy atom. The van der Waals surface area contributed by atoms with Crippen LogP contribution in [-0.4, -0.2) is 0 Å². The average molecular weight is 209 g/mol. The summed E-state index contributed by atoms with van der Waals surface area (Å²) < 4.78 is 0.399. The second-order valence-corrected chi connectivity index (χ2v) is 4.55. The van der Waals surface area contributed by atoms with E-state index in [4.69, 9.17) is 23.2 Å². The van der Waals surface area contributed by atoms with Crippen LogP contribution >= 0.6 is 23.2 Å². The molecule has 1 unspecified atom stereocenters. The Labute approximate surface area is 85.9 Å². The van der Waals surface area contributed by atoms with Gasteiger partial charge in [-0.2, -0.15) is 0 Å². The highest BCUT2D eigenvalue weighted by atomic mass is 35.5. The number of unbranched alkanes of at least 4 members (excludes halogenated alkanes) is 1. The maximum absolute atomic E-state index is 5.65. The van der Waals surface area contributed by atoms with Crippen LogP contribution in [-0.2, 0) is 0 Å². The van der Waals surface area contributed by atoms with Crippen LogP contribution in [0.5, 0.6) is 0 Å². The molecule has 72 valence electrons. The largest absolute Gasteiger partial charge is 0.103 e. The molecule has 0 N–H and O–H groups in total. The van der Waals surface area contributed by atoms with Crippen molar-refractivity contribution < 1.29 is 0 Å². The minimum absolute atomic E-state index is 0.189. The van der Waals surface area contributed by atoms with Gasteiger partial charge >= 0.3 is 0 Å². The van der Waals surface area contributed by atoms with Crippen molar-refractivity contribution in [2.45, 2.75) is 46.5 Å². The van der Waals surface area contributed by atoms with Crippen molar-refractivity contribution in [2.24, 2.45) is 5.41 Å². The molecule has 0 aliphatic carbocycles. The Hall–Kier alpha value is 0.320. The predicted octanol–water partition coefficient (Wildman–Crippen LogP) is 4.91. The molecule has 12 heavy (non-hydrogen) atoms. The lowest BCUT2D eigenvalue weighted by atomic mass is 9.83. The number of hydrogen-bond donors (Lipinski definition) is 0. The first-order chi connectivity index (χ1) is 5.54. The third-order valence-electron chi connectivity index (χ3n) is 2.37. The summed E-state index contributed by atoms with van der Waals surface area (Å²) in [4.78, 5) is 0. The molecule has 1 atom stereocenters. The van der Waals surface area contributed by atoms with E-state index in [1.54, 1.807) is 0 Å². The first-order valence-corrected chi connectivity index (χ1v) is 5.33. The molecule has 0 fully saturated rings. The zero-order chi connectivity index (χ0) is 9.61. The van der Waals surface area contributed by atoms with Gasteiger partial charge in [0.1, 0.15) is 4.49 Å². The van der Waals surface area contributed by atoms with Gasteiger partial charge in [0.05, 0.1) is 0 Å². The fourth-order valence-electron chi connectivity index (χ4n) is 1.20. The molecular weight excluding hydrogens is 191 g/mol. The quantitative estimate of drug-likeness (QED) is 0.603. The van der Waals surface area contributed by atoms with Gasteiger partial charge < -0.3 is 0 Å². The summed E-state index contributed by atoms with van der Waals surface area (Å²) in [7, 11) is 0. The molecule has 0 aromatic heterocycles. The summed E-state index contributed by atoms with van der Waals surface area (Å²) in [5.74, 6) is 0. The van der Waals surface area contributed by atoms with Crippen molar-refractivity contribution in [1.29, 1.82) is 0 Å². The molecule has 0 saturated heterocycles. The molecule has 0 radical (unpaired) electrons. The Balaban J connectivity index is 4.14. The molecule has 0 rings (SSSR count). The molecular formula is C10H18Cl2. The zero-order valence-electron chi connectivity index (χ0n) is 8.16. The molecule has 0 heterocycles. The molecule has 0 amide bonds. The van der Waals surface area contributed by atoms with Gasteiger partial charge in [0.15, 0.2) is 0 Å². The topological polar surface area (TPSA) is 0 Å². The van der Waals surface area contributed by atoms with Gasteiger partial charge in [-0.05, 0) is 24.3 Å². The predicted molar refractivity (Wildman–Crippen MR) is 57.7 cm³/mol. The first-order valence-electron chi connectivity index (χ1n) is 4.58. The molecule has 2 heteroatoms. The van der Waals surface area contributed by atoms with E-state index in [0.717, 1.165) is 6.42 Å². The number of allylic oxidation sites excluding steroid dienone is 1. The Bertz CT molecular complexity index is 148. The lowest BCUT2D eigenvalue weighted by Gasteiger charge is -2.23. The molecule has 0 aliphatic heterocycles. The van der Waals surface area contributed by atoms with Gasteiger partial charge in [-0.25, -0.2) is 0 Å². The standard InChI is InChI=1S/C10H18Cl2/c1-4-6-7-10(3,5-2)8-9(11)12/h8H,4-7H2,1-3H3. The summed E-state index contributed by atoms with van der Waals surface area (Å²) in [6.45, 7) is 6.57. The van der Waals surface area contributed by atoms with Crippen LogP contribution in [0.1, 0.15) is 46.5 Å². The van der Waals surface area contributed by atoms with Gasteiger partial charge in [0.25, 0.3) is 0 Å². The minimum atomic E-state index is 0.189. The van der Waals surface area contributed by atoms with Crippen LogP contribution in [0, 0.1) is 5.41 Å². The van der Waals surface area contributed by atoms with Gasteiger partial charge in [-0.15, -0.1) is 0 Å². The minimum Gasteiger partial charge on any atom is -0.0712 e. The SMILES string of the molecule is CCCCC(C)(C=C(Cl)Cl)CC. The van der Waals surface area contributed by atoms with Crippen molar-refractivity contribution in [3.8, 4) is 0 Å². The van der Waals surface area contributed by atoms with Crippen molar-refractivity contribution in [3.63, 3.8) is 0 Å². The third kappa shape index (κ3) is 5.05. The lowest BCUT2D eigenvalue weighted by molar-refractivity contribution is 0.363. The fourth-order valence-corrected chi connectivity index (χ4v) is 1.72. The van der Waals surface area contributed by atoms with Crippen LogP contribution in [0.3, 0.4) is 0 Å². The van der Waals surface area contributed by atoms with Crippen LogP contribution < -0.4 is 0 Å². The summed E-state index contributed by atoms with van der Waals surface area (Å²) in [5.41, 5.74) is 0.189. The zero-order valence-corrected chi connectivity index (χ0v) is 9.67. The van der Waals surface area contributed by atoms with E-state index in [2.05, 4.69) is 20.8 Å². The normalized spacial score (nSPS) is 15.4. The Kier molecular flexibility index (Phi) is 6.04. The molecule has 0 aliphatic rings. The fraction of sp³-hybridized carbons (Fsp3) is 0.800. The van der Waals surface area contributed by atoms with Gasteiger partial charge in [0, 0.05) is 0 Å². The summed E-state index contributed by atoms with van der Waals surface area (Å²) >= 11 is 11.3. The van der Waals surface area contributed by atoms with Crippen molar-refractivity contribution in [3.05, 3.63) is 10.6 Å². The summed E-state index contributed by atoms with van der Waals surface area (Å²) in [5, 5.41) is 0. The maximum atomic E-state index is 5.65. The van der Waals surface area contributed by atoms with Gasteiger partial charge in [-0.3, -0.25) is 0 Å². The smallest absolute Gasteiger partial charge is 0.0712 e. The van der Waals surface area contributed by atoms with E-state index in [1.165, 1.54) is 19.3 Å².